The normalized spacial score (nSPS) is 14.3. The number of nitrogens with zero attached hydrogens (tertiary/aromatic N) is 4. The van der Waals surface area contributed by atoms with E-state index in [0.29, 0.717) is 19.0 Å². The molecular weight excluding hydrogens is 529 g/mol. The Morgan fingerprint density at radius 2 is 1.90 bits per heavy atom. The molecule has 0 saturated heterocycles. The highest BCUT2D eigenvalue weighted by Crippen LogP contribution is 2.22. The van der Waals surface area contributed by atoms with Crippen LogP contribution in [0.5, 0.6) is 0 Å². The monoisotopic (exact) mass is 555 g/mol. The maximum atomic E-state index is 12.3. The summed E-state index contributed by atoms with van der Waals surface area (Å²) in [6.45, 7) is 3.61. The molecule has 0 spiro atoms. The Hall–Kier alpha value is -2.25. The Morgan fingerprint density at radius 3 is 2.61 bits per heavy atom. The van der Waals surface area contributed by atoms with Gasteiger partial charge < -0.3 is 10.6 Å². The summed E-state index contributed by atoms with van der Waals surface area (Å²) in [7, 11) is -3.43. The third-order valence-corrected chi connectivity index (χ3v) is 6.23. The summed E-state index contributed by atoms with van der Waals surface area (Å²) in [6.07, 6.45) is 3.75. The van der Waals surface area contributed by atoms with Crippen LogP contribution in [-0.4, -0.2) is 41.6 Å². The van der Waals surface area contributed by atoms with E-state index in [0.717, 1.165) is 36.4 Å². The van der Waals surface area contributed by atoms with Crippen LogP contribution in [0.15, 0.2) is 58.5 Å². The summed E-state index contributed by atoms with van der Waals surface area (Å²) in [6, 6.07) is 12.7. The molecule has 1 aliphatic rings. The molecular formula is C20H26IN7O2S. The van der Waals surface area contributed by atoms with Crippen molar-refractivity contribution in [3.05, 3.63) is 60.0 Å². The molecule has 1 fully saturated rings. The number of rotatable bonds is 8. The van der Waals surface area contributed by atoms with Crippen molar-refractivity contribution in [2.45, 2.75) is 43.8 Å². The minimum atomic E-state index is -3.43. The number of halogens is 1. The number of hydrogen-bond acceptors (Lipinski definition) is 5. The molecule has 2 aromatic heterocycles. The number of hydrogen-bond donors (Lipinski definition) is 3. The van der Waals surface area contributed by atoms with E-state index >= 15 is 0 Å². The number of benzene rings is 1. The molecule has 0 aliphatic heterocycles. The molecule has 0 bridgehead atoms. The summed E-state index contributed by atoms with van der Waals surface area (Å²) in [4.78, 5) is 4.87. The van der Waals surface area contributed by atoms with E-state index < -0.39 is 10.0 Å². The first-order valence-electron chi connectivity index (χ1n) is 9.97. The van der Waals surface area contributed by atoms with Crippen LogP contribution in [0.3, 0.4) is 0 Å². The minimum absolute atomic E-state index is 0. The first kappa shape index (κ1) is 23.4. The zero-order valence-electron chi connectivity index (χ0n) is 17.2. The first-order chi connectivity index (χ1) is 14.5. The average Bonchev–Trinajstić information content (AvgIpc) is 3.46. The van der Waals surface area contributed by atoms with Gasteiger partial charge in [0, 0.05) is 18.8 Å². The molecule has 3 N–H and O–H groups in total. The molecule has 1 aliphatic carbocycles. The van der Waals surface area contributed by atoms with Crippen LogP contribution in [0.2, 0.25) is 0 Å². The molecule has 4 rings (SSSR count). The predicted molar refractivity (Wildman–Crippen MR) is 130 cm³/mol. The molecule has 11 heteroatoms. The number of pyridine rings is 1. The van der Waals surface area contributed by atoms with Crippen LogP contribution in [0.1, 0.15) is 31.2 Å². The van der Waals surface area contributed by atoms with Gasteiger partial charge in [0.1, 0.15) is 0 Å². The maximum absolute atomic E-state index is 12.3. The van der Waals surface area contributed by atoms with Crippen molar-refractivity contribution in [1.82, 2.24) is 30.0 Å². The van der Waals surface area contributed by atoms with Gasteiger partial charge in [-0.3, -0.25) is 4.40 Å². The third-order valence-electron chi connectivity index (χ3n) is 4.70. The van der Waals surface area contributed by atoms with Gasteiger partial charge in [0.05, 0.1) is 18.0 Å². The lowest BCUT2D eigenvalue weighted by molar-refractivity contribution is 0.581. The highest BCUT2D eigenvalue weighted by Gasteiger charge is 2.27. The first-order valence-corrected chi connectivity index (χ1v) is 11.5. The van der Waals surface area contributed by atoms with Crippen LogP contribution in [-0.2, 0) is 23.1 Å². The predicted octanol–water partition coefficient (Wildman–Crippen LogP) is 2.04. The Morgan fingerprint density at radius 1 is 1.13 bits per heavy atom. The van der Waals surface area contributed by atoms with Crippen molar-refractivity contribution in [3.8, 4) is 0 Å². The van der Waals surface area contributed by atoms with E-state index in [9.17, 15) is 8.42 Å². The van der Waals surface area contributed by atoms with E-state index in [1.165, 1.54) is 0 Å². The SMILES string of the molecule is CCNC(=NCc1ccc(S(=O)(=O)NC2CC2)cc1)NCc1nnc2ccccn12.I. The summed E-state index contributed by atoms with van der Waals surface area (Å²) in [5.41, 5.74) is 1.72. The largest absolute Gasteiger partial charge is 0.357 e. The molecule has 31 heavy (non-hydrogen) atoms. The van der Waals surface area contributed by atoms with E-state index in [1.807, 2.05) is 35.7 Å². The number of guanidine groups is 1. The highest BCUT2D eigenvalue weighted by molar-refractivity contribution is 14.0. The number of aromatic nitrogens is 3. The van der Waals surface area contributed by atoms with Crippen LogP contribution in [0.4, 0.5) is 0 Å². The fraction of sp³-hybridized carbons (Fsp3) is 0.350. The average molecular weight is 555 g/mol. The van der Waals surface area contributed by atoms with E-state index in [-0.39, 0.29) is 34.9 Å². The summed E-state index contributed by atoms with van der Waals surface area (Å²) < 4.78 is 29.1. The van der Waals surface area contributed by atoms with Crippen molar-refractivity contribution in [2.75, 3.05) is 6.54 Å². The Kier molecular flexibility index (Phi) is 7.84. The Labute approximate surface area is 198 Å². The second-order valence-corrected chi connectivity index (χ2v) is 8.85. The van der Waals surface area contributed by atoms with Crippen LogP contribution >= 0.6 is 24.0 Å². The van der Waals surface area contributed by atoms with Gasteiger partial charge in [-0.05, 0) is 49.6 Å². The molecule has 0 radical (unpaired) electrons. The van der Waals surface area contributed by atoms with Gasteiger partial charge in [0.2, 0.25) is 10.0 Å². The quantitative estimate of drug-likeness (QED) is 0.223. The van der Waals surface area contributed by atoms with Gasteiger partial charge >= 0.3 is 0 Å². The van der Waals surface area contributed by atoms with Gasteiger partial charge in [0.15, 0.2) is 17.4 Å². The zero-order chi connectivity index (χ0) is 21.0. The van der Waals surface area contributed by atoms with Crippen molar-refractivity contribution < 1.29 is 8.42 Å². The van der Waals surface area contributed by atoms with Crippen molar-refractivity contribution in [2.24, 2.45) is 4.99 Å². The summed E-state index contributed by atoms with van der Waals surface area (Å²) in [5, 5.41) is 14.8. The van der Waals surface area contributed by atoms with E-state index in [2.05, 4.69) is 30.5 Å². The lowest BCUT2D eigenvalue weighted by atomic mass is 10.2. The molecule has 3 aromatic rings. The summed E-state index contributed by atoms with van der Waals surface area (Å²) >= 11 is 0. The number of nitrogens with one attached hydrogen (secondary N) is 3. The van der Waals surface area contributed by atoms with Crippen molar-refractivity contribution in [1.29, 1.82) is 0 Å². The third kappa shape index (κ3) is 6.14. The maximum Gasteiger partial charge on any atom is 0.240 e. The number of sulfonamides is 1. The van der Waals surface area contributed by atoms with E-state index in [4.69, 9.17) is 0 Å². The molecule has 166 valence electrons. The lowest BCUT2D eigenvalue weighted by Crippen LogP contribution is -2.37. The highest BCUT2D eigenvalue weighted by atomic mass is 127. The van der Waals surface area contributed by atoms with Gasteiger partial charge in [0.25, 0.3) is 0 Å². The molecule has 1 saturated carbocycles. The number of aliphatic imine (C=N–C) groups is 1. The van der Waals surface area contributed by atoms with Gasteiger partial charge in [-0.15, -0.1) is 34.2 Å². The van der Waals surface area contributed by atoms with Crippen molar-refractivity contribution in [3.63, 3.8) is 0 Å². The van der Waals surface area contributed by atoms with Crippen LogP contribution in [0.25, 0.3) is 5.65 Å². The second-order valence-electron chi connectivity index (χ2n) is 7.13. The topological polar surface area (TPSA) is 113 Å². The Balaban J connectivity index is 0.00000272. The molecule has 1 aromatic carbocycles. The minimum Gasteiger partial charge on any atom is -0.357 e. The Bertz CT molecular complexity index is 1140. The molecule has 9 nitrogen and oxygen atoms in total. The van der Waals surface area contributed by atoms with Gasteiger partial charge in [-0.1, -0.05) is 18.2 Å². The molecule has 0 atom stereocenters. The van der Waals surface area contributed by atoms with Crippen LogP contribution in [0, 0.1) is 0 Å². The smallest absolute Gasteiger partial charge is 0.240 e. The van der Waals surface area contributed by atoms with Crippen LogP contribution < -0.4 is 15.4 Å². The fourth-order valence-electron chi connectivity index (χ4n) is 2.95. The van der Waals surface area contributed by atoms with Gasteiger partial charge in [-0.25, -0.2) is 18.1 Å². The second kappa shape index (κ2) is 10.4. The van der Waals surface area contributed by atoms with Crippen molar-refractivity contribution >= 4 is 45.6 Å². The molecule has 0 amide bonds. The molecule has 0 unspecified atom stereocenters. The number of fused-ring (bicyclic) bond motifs is 1. The standard InChI is InChI=1S/C20H25N7O2S.HI/c1-2-21-20(23-14-19-25-24-18-5-3-4-12-27(18)19)22-13-15-6-10-17(11-7-15)30(28,29)26-16-8-9-16;/h3-7,10-12,16,26H,2,8-9,13-14H2,1H3,(H2,21,22,23);1H. The van der Waals surface area contributed by atoms with E-state index in [1.54, 1.807) is 24.3 Å². The summed E-state index contributed by atoms with van der Waals surface area (Å²) in [5.74, 6) is 1.44. The van der Waals surface area contributed by atoms with Gasteiger partial charge in [-0.2, -0.15) is 0 Å². The fourth-order valence-corrected chi connectivity index (χ4v) is 4.25. The lowest BCUT2D eigenvalue weighted by Gasteiger charge is -2.11. The zero-order valence-corrected chi connectivity index (χ0v) is 20.3. The molecule has 2 heterocycles.